The summed E-state index contributed by atoms with van der Waals surface area (Å²) >= 11 is 0. The summed E-state index contributed by atoms with van der Waals surface area (Å²) in [5, 5.41) is 3.14. The van der Waals surface area contributed by atoms with E-state index in [9.17, 15) is 4.39 Å². The molecular weight excluding hydrogens is 253 g/mol. The summed E-state index contributed by atoms with van der Waals surface area (Å²) in [4.78, 5) is 4.42. The van der Waals surface area contributed by atoms with Gasteiger partial charge < -0.3 is 15.1 Å². The Morgan fingerprint density at radius 3 is 2.75 bits per heavy atom. The van der Waals surface area contributed by atoms with E-state index in [0.29, 0.717) is 6.04 Å². The van der Waals surface area contributed by atoms with Crippen molar-refractivity contribution >= 4 is 5.69 Å². The van der Waals surface area contributed by atoms with Crippen LogP contribution in [0.1, 0.15) is 31.4 Å². The lowest BCUT2D eigenvalue weighted by molar-refractivity contribution is 0.257. The van der Waals surface area contributed by atoms with Crippen molar-refractivity contribution in [2.75, 3.05) is 39.1 Å². The fraction of sp³-hybridized carbons (Fsp3) is 0.625. The number of piperidine rings is 1. The van der Waals surface area contributed by atoms with E-state index in [1.165, 1.54) is 6.42 Å². The van der Waals surface area contributed by atoms with Crippen LogP contribution in [0.3, 0.4) is 0 Å². The number of nitrogens with zero attached hydrogens (tertiary/aromatic N) is 2. The Hall–Kier alpha value is -1.13. The molecule has 2 unspecified atom stereocenters. The smallest absolute Gasteiger partial charge is 0.146 e. The Kier molecular flexibility index (Phi) is 5.00. The van der Waals surface area contributed by atoms with Crippen LogP contribution in [-0.4, -0.2) is 45.2 Å². The minimum absolute atomic E-state index is 0.107. The minimum Gasteiger partial charge on any atom is -0.368 e. The van der Waals surface area contributed by atoms with Crippen LogP contribution in [0, 0.1) is 5.82 Å². The molecule has 1 aromatic rings. The summed E-state index contributed by atoms with van der Waals surface area (Å²) in [6.45, 7) is 3.89. The van der Waals surface area contributed by atoms with E-state index in [2.05, 4.69) is 29.2 Å². The van der Waals surface area contributed by atoms with Gasteiger partial charge in [-0.2, -0.15) is 0 Å². The lowest BCUT2D eigenvalue weighted by atomic mass is 10.0. The monoisotopic (exact) mass is 279 g/mol. The van der Waals surface area contributed by atoms with Gasteiger partial charge in [-0.3, -0.25) is 0 Å². The first-order valence-corrected chi connectivity index (χ1v) is 7.41. The second-order valence-electron chi connectivity index (χ2n) is 5.93. The predicted molar refractivity (Wildman–Crippen MR) is 82.8 cm³/mol. The van der Waals surface area contributed by atoms with Crippen LogP contribution in [-0.2, 0) is 0 Å². The molecule has 1 saturated heterocycles. The van der Waals surface area contributed by atoms with Crippen molar-refractivity contribution in [3.8, 4) is 0 Å². The lowest BCUT2D eigenvalue weighted by Gasteiger charge is -2.37. The number of anilines is 1. The number of halogens is 1. The number of benzene rings is 1. The van der Waals surface area contributed by atoms with E-state index >= 15 is 0 Å². The van der Waals surface area contributed by atoms with Crippen molar-refractivity contribution in [3.05, 3.63) is 29.6 Å². The number of hydrogen-bond acceptors (Lipinski definition) is 3. The maximum absolute atomic E-state index is 14.4. The highest BCUT2D eigenvalue weighted by Gasteiger charge is 2.23. The van der Waals surface area contributed by atoms with E-state index in [1.807, 2.05) is 26.1 Å². The molecule has 0 amide bonds. The standard InChI is InChI=1S/C16H26FN3/c1-12(18-2)13-7-8-16(15(17)10-13)20-9-5-6-14(11-20)19(3)4/h7-8,10,12,14,18H,5-6,9,11H2,1-4H3. The average molecular weight is 279 g/mol. The van der Waals surface area contributed by atoms with Crippen molar-refractivity contribution in [3.63, 3.8) is 0 Å². The Morgan fingerprint density at radius 2 is 2.15 bits per heavy atom. The van der Waals surface area contributed by atoms with E-state index in [-0.39, 0.29) is 11.9 Å². The van der Waals surface area contributed by atoms with Crippen molar-refractivity contribution in [1.82, 2.24) is 10.2 Å². The number of nitrogens with one attached hydrogen (secondary N) is 1. The molecule has 0 saturated carbocycles. The molecule has 1 aliphatic heterocycles. The van der Waals surface area contributed by atoms with E-state index < -0.39 is 0 Å². The van der Waals surface area contributed by atoms with Crippen molar-refractivity contribution in [1.29, 1.82) is 0 Å². The van der Waals surface area contributed by atoms with Gasteiger partial charge in [-0.25, -0.2) is 4.39 Å². The molecule has 0 spiro atoms. The number of rotatable bonds is 4. The third-order valence-electron chi connectivity index (χ3n) is 4.37. The van der Waals surface area contributed by atoms with Gasteiger partial charge in [0.1, 0.15) is 5.82 Å². The van der Waals surface area contributed by atoms with Gasteiger partial charge in [0.15, 0.2) is 0 Å². The molecule has 3 nitrogen and oxygen atoms in total. The van der Waals surface area contributed by atoms with Crippen LogP contribution in [0.5, 0.6) is 0 Å². The molecule has 1 N–H and O–H groups in total. The van der Waals surface area contributed by atoms with Gasteiger partial charge >= 0.3 is 0 Å². The SMILES string of the molecule is CNC(C)c1ccc(N2CCCC(N(C)C)C2)c(F)c1. The van der Waals surface area contributed by atoms with Crippen LogP contribution in [0.15, 0.2) is 18.2 Å². The molecule has 4 heteroatoms. The van der Waals surface area contributed by atoms with Crippen LogP contribution in [0.4, 0.5) is 10.1 Å². The summed E-state index contributed by atoms with van der Waals surface area (Å²) < 4.78 is 14.4. The summed E-state index contributed by atoms with van der Waals surface area (Å²) in [7, 11) is 6.09. The first-order valence-electron chi connectivity index (χ1n) is 7.41. The first kappa shape index (κ1) is 15.3. The zero-order chi connectivity index (χ0) is 14.7. The molecule has 20 heavy (non-hydrogen) atoms. The molecule has 0 aromatic heterocycles. The molecule has 1 fully saturated rings. The van der Waals surface area contributed by atoms with Gasteiger partial charge in [0.2, 0.25) is 0 Å². The maximum Gasteiger partial charge on any atom is 0.146 e. The molecule has 112 valence electrons. The van der Waals surface area contributed by atoms with Crippen molar-refractivity contribution in [2.24, 2.45) is 0 Å². The van der Waals surface area contributed by atoms with E-state index in [0.717, 1.165) is 30.8 Å². The number of hydrogen-bond donors (Lipinski definition) is 1. The zero-order valence-corrected chi connectivity index (χ0v) is 13.0. The largest absolute Gasteiger partial charge is 0.368 e. The normalized spacial score (nSPS) is 21.3. The third-order valence-corrected chi connectivity index (χ3v) is 4.37. The zero-order valence-electron chi connectivity index (χ0n) is 13.0. The average Bonchev–Trinajstić information content (AvgIpc) is 2.46. The van der Waals surface area contributed by atoms with E-state index in [1.54, 1.807) is 6.07 Å². The Morgan fingerprint density at radius 1 is 1.40 bits per heavy atom. The Balaban J connectivity index is 2.16. The Bertz CT molecular complexity index is 447. The van der Waals surface area contributed by atoms with Crippen LogP contribution in [0.25, 0.3) is 0 Å². The molecular formula is C16H26FN3. The lowest BCUT2D eigenvalue weighted by Crippen LogP contribution is -2.45. The quantitative estimate of drug-likeness (QED) is 0.914. The summed E-state index contributed by atoms with van der Waals surface area (Å²) in [6.07, 6.45) is 2.32. The second kappa shape index (κ2) is 6.55. The molecule has 1 aromatic carbocycles. The maximum atomic E-state index is 14.4. The molecule has 0 aliphatic carbocycles. The van der Waals surface area contributed by atoms with Gasteiger partial charge in [0, 0.05) is 25.2 Å². The highest BCUT2D eigenvalue weighted by molar-refractivity contribution is 5.50. The minimum atomic E-state index is -0.107. The topological polar surface area (TPSA) is 18.5 Å². The predicted octanol–water partition coefficient (Wildman–Crippen LogP) is 2.64. The Labute approximate surface area is 121 Å². The highest BCUT2D eigenvalue weighted by Crippen LogP contribution is 2.26. The summed E-state index contributed by atoms with van der Waals surface area (Å²) in [5.41, 5.74) is 1.73. The van der Waals surface area contributed by atoms with Gasteiger partial charge in [0.05, 0.1) is 5.69 Å². The second-order valence-corrected chi connectivity index (χ2v) is 5.93. The third kappa shape index (κ3) is 3.30. The van der Waals surface area contributed by atoms with Gasteiger partial charge in [-0.15, -0.1) is 0 Å². The molecule has 0 radical (unpaired) electrons. The van der Waals surface area contributed by atoms with Crippen molar-refractivity contribution in [2.45, 2.75) is 31.8 Å². The van der Waals surface area contributed by atoms with Crippen LogP contribution < -0.4 is 10.2 Å². The first-order chi connectivity index (χ1) is 9.52. The van der Waals surface area contributed by atoms with Crippen molar-refractivity contribution < 1.29 is 4.39 Å². The highest BCUT2D eigenvalue weighted by atomic mass is 19.1. The van der Waals surface area contributed by atoms with Crippen LogP contribution in [0.2, 0.25) is 0 Å². The fourth-order valence-corrected chi connectivity index (χ4v) is 2.81. The molecule has 2 rings (SSSR count). The van der Waals surface area contributed by atoms with Gasteiger partial charge in [-0.05, 0) is 58.6 Å². The summed E-state index contributed by atoms with van der Waals surface area (Å²) in [5.74, 6) is -0.107. The molecule has 1 heterocycles. The summed E-state index contributed by atoms with van der Waals surface area (Å²) in [6, 6.07) is 6.30. The number of likely N-dealkylation sites (N-methyl/N-ethyl adjacent to an activating group) is 1. The van der Waals surface area contributed by atoms with Gasteiger partial charge in [0.25, 0.3) is 0 Å². The van der Waals surface area contributed by atoms with Crippen LogP contribution >= 0.6 is 0 Å². The fourth-order valence-electron chi connectivity index (χ4n) is 2.81. The van der Waals surface area contributed by atoms with Gasteiger partial charge in [-0.1, -0.05) is 6.07 Å². The van der Waals surface area contributed by atoms with E-state index in [4.69, 9.17) is 0 Å². The molecule has 1 aliphatic rings. The molecule has 0 bridgehead atoms. The molecule has 2 atom stereocenters.